The van der Waals surface area contributed by atoms with E-state index in [1.807, 2.05) is 30.3 Å². The van der Waals surface area contributed by atoms with Crippen molar-refractivity contribution in [3.05, 3.63) is 89.1 Å². The standard InChI is InChI=1S/C24H23N3O5S2/c1-33(29,30)20-10-6-16(7-11-20)13-27-22-5-3-2-4-21(22)23(26-27)24(28)25-19-9-8-17-14-34(31,32)15-18(17)12-19/h2-12,31-32H,13-15H2,1H3,(H,25,28). The van der Waals surface area contributed by atoms with Gasteiger partial charge in [-0.2, -0.15) is 15.7 Å². The third-order valence-electron chi connectivity index (χ3n) is 5.79. The van der Waals surface area contributed by atoms with Gasteiger partial charge in [0.05, 0.1) is 28.5 Å². The number of carbonyl (C=O) groups excluding carboxylic acids is 1. The molecule has 2 heterocycles. The Bertz CT molecular complexity index is 1530. The van der Waals surface area contributed by atoms with Crippen molar-refractivity contribution < 1.29 is 22.3 Å². The monoisotopic (exact) mass is 497 g/mol. The first kappa shape index (κ1) is 22.6. The zero-order valence-electron chi connectivity index (χ0n) is 18.3. The molecule has 34 heavy (non-hydrogen) atoms. The first-order chi connectivity index (χ1) is 16.1. The Morgan fingerprint density at radius 1 is 1.03 bits per heavy atom. The summed E-state index contributed by atoms with van der Waals surface area (Å²) >= 11 is 0. The molecule has 0 fully saturated rings. The quantitative estimate of drug-likeness (QED) is 0.373. The first-order valence-corrected chi connectivity index (χ1v) is 14.3. The number of nitrogens with zero attached hydrogens (tertiary/aromatic N) is 2. The van der Waals surface area contributed by atoms with Gasteiger partial charge in [-0.3, -0.25) is 18.6 Å². The minimum absolute atomic E-state index is 0.196. The number of amides is 1. The summed E-state index contributed by atoms with van der Waals surface area (Å²) in [6, 6.07) is 19.4. The number of hydrogen-bond donors (Lipinski definition) is 3. The molecule has 0 spiro atoms. The zero-order chi connectivity index (χ0) is 24.1. The van der Waals surface area contributed by atoms with Crippen molar-refractivity contribution in [2.45, 2.75) is 22.9 Å². The predicted octanol–water partition coefficient (Wildman–Crippen LogP) is 4.50. The molecule has 0 aliphatic carbocycles. The molecule has 176 valence electrons. The van der Waals surface area contributed by atoms with Crippen LogP contribution in [0.1, 0.15) is 27.2 Å². The lowest BCUT2D eigenvalue weighted by atomic mass is 10.1. The number of para-hydroxylation sites is 1. The van der Waals surface area contributed by atoms with Crippen LogP contribution in [-0.2, 0) is 27.9 Å². The molecule has 0 saturated carbocycles. The summed E-state index contributed by atoms with van der Waals surface area (Å²) in [6.45, 7) is 0.370. The normalized spacial score (nSPS) is 15.7. The Balaban J connectivity index is 1.42. The minimum atomic E-state index is -3.28. The molecule has 5 rings (SSSR count). The fourth-order valence-corrected chi connectivity index (χ4v) is 6.43. The second-order valence-electron chi connectivity index (χ2n) is 8.47. The highest BCUT2D eigenvalue weighted by molar-refractivity contribution is 8.23. The van der Waals surface area contributed by atoms with Gasteiger partial charge in [0.1, 0.15) is 0 Å². The number of hydrogen-bond acceptors (Lipinski definition) is 6. The Hall–Kier alpha value is -3.18. The molecule has 1 amide bonds. The highest BCUT2D eigenvalue weighted by atomic mass is 32.3. The lowest BCUT2D eigenvalue weighted by Gasteiger charge is -2.25. The van der Waals surface area contributed by atoms with Crippen molar-refractivity contribution in [1.29, 1.82) is 0 Å². The smallest absolute Gasteiger partial charge is 0.276 e. The van der Waals surface area contributed by atoms with Gasteiger partial charge in [-0.1, -0.05) is 36.4 Å². The number of aromatic nitrogens is 2. The maximum atomic E-state index is 13.1. The van der Waals surface area contributed by atoms with Crippen molar-refractivity contribution in [3.63, 3.8) is 0 Å². The van der Waals surface area contributed by atoms with Gasteiger partial charge >= 0.3 is 0 Å². The van der Waals surface area contributed by atoms with Crippen LogP contribution in [0.3, 0.4) is 0 Å². The minimum Gasteiger partial charge on any atom is -0.321 e. The highest BCUT2D eigenvalue weighted by Gasteiger charge is 2.25. The average Bonchev–Trinajstić information content (AvgIpc) is 3.29. The van der Waals surface area contributed by atoms with Gasteiger partial charge in [0.15, 0.2) is 15.5 Å². The van der Waals surface area contributed by atoms with Gasteiger partial charge in [-0.15, -0.1) is 0 Å². The van der Waals surface area contributed by atoms with E-state index in [-0.39, 0.29) is 28.0 Å². The molecule has 0 bridgehead atoms. The van der Waals surface area contributed by atoms with Crippen LogP contribution in [0.2, 0.25) is 0 Å². The summed E-state index contributed by atoms with van der Waals surface area (Å²) in [4.78, 5) is 13.4. The van der Waals surface area contributed by atoms with E-state index in [4.69, 9.17) is 0 Å². The van der Waals surface area contributed by atoms with Gasteiger partial charge in [0.25, 0.3) is 5.91 Å². The molecule has 0 atom stereocenters. The highest BCUT2D eigenvalue weighted by Crippen LogP contribution is 2.52. The number of carbonyl (C=O) groups is 1. The second kappa shape index (κ2) is 8.24. The third kappa shape index (κ3) is 4.45. The van der Waals surface area contributed by atoms with E-state index in [9.17, 15) is 22.3 Å². The van der Waals surface area contributed by atoms with E-state index in [1.54, 1.807) is 41.1 Å². The predicted molar refractivity (Wildman–Crippen MR) is 133 cm³/mol. The van der Waals surface area contributed by atoms with E-state index in [2.05, 4.69) is 10.4 Å². The van der Waals surface area contributed by atoms with Crippen molar-refractivity contribution in [2.24, 2.45) is 0 Å². The topological polar surface area (TPSA) is 122 Å². The fraction of sp³-hybridized carbons (Fsp3) is 0.167. The Labute approximate surface area is 198 Å². The van der Waals surface area contributed by atoms with Crippen molar-refractivity contribution >= 4 is 42.9 Å². The molecular weight excluding hydrogens is 474 g/mol. The van der Waals surface area contributed by atoms with Gasteiger partial charge in [0, 0.05) is 17.3 Å². The zero-order valence-corrected chi connectivity index (χ0v) is 19.9. The van der Waals surface area contributed by atoms with Crippen LogP contribution in [0, 0.1) is 0 Å². The van der Waals surface area contributed by atoms with Crippen molar-refractivity contribution in [1.82, 2.24) is 9.78 Å². The molecule has 8 nitrogen and oxygen atoms in total. The molecule has 1 aliphatic rings. The van der Waals surface area contributed by atoms with Gasteiger partial charge in [-0.05, 0) is 47.0 Å². The van der Waals surface area contributed by atoms with Crippen molar-refractivity contribution in [3.8, 4) is 0 Å². The lowest BCUT2D eigenvalue weighted by molar-refractivity contribution is 0.102. The summed E-state index contributed by atoms with van der Waals surface area (Å²) in [5.41, 5.74) is 4.18. The van der Waals surface area contributed by atoms with Crippen LogP contribution < -0.4 is 5.32 Å². The third-order valence-corrected chi connectivity index (χ3v) is 8.47. The summed E-state index contributed by atoms with van der Waals surface area (Å²) in [7, 11) is -5.91. The van der Waals surface area contributed by atoms with E-state index in [0.717, 1.165) is 22.2 Å². The van der Waals surface area contributed by atoms with Gasteiger partial charge < -0.3 is 5.32 Å². The molecule has 1 aromatic heterocycles. The van der Waals surface area contributed by atoms with Gasteiger partial charge in [0.2, 0.25) is 0 Å². The number of benzene rings is 3. The number of nitrogens with one attached hydrogen (secondary N) is 1. The largest absolute Gasteiger partial charge is 0.321 e. The molecule has 0 saturated heterocycles. The molecule has 3 aromatic carbocycles. The maximum absolute atomic E-state index is 13.1. The summed E-state index contributed by atoms with van der Waals surface area (Å²) in [5.74, 6) is 0.0744. The number of sulfone groups is 1. The van der Waals surface area contributed by atoms with Crippen LogP contribution in [-0.4, -0.2) is 39.5 Å². The van der Waals surface area contributed by atoms with Gasteiger partial charge in [-0.25, -0.2) is 8.42 Å². The lowest BCUT2D eigenvalue weighted by Crippen LogP contribution is -2.14. The fourth-order valence-electron chi connectivity index (χ4n) is 4.15. The first-order valence-electron chi connectivity index (χ1n) is 10.5. The summed E-state index contributed by atoms with van der Waals surface area (Å²) in [5, 5.41) is 8.13. The average molecular weight is 498 g/mol. The molecule has 0 unspecified atom stereocenters. The Kier molecular flexibility index (Phi) is 5.48. The second-order valence-corrected chi connectivity index (χ2v) is 12.7. The number of fused-ring (bicyclic) bond motifs is 2. The van der Waals surface area contributed by atoms with E-state index in [0.29, 0.717) is 17.6 Å². The van der Waals surface area contributed by atoms with Crippen LogP contribution in [0.4, 0.5) is 5.69 Å². The SMILES string of the molecule is CS(=O)(=O)c1ccc(Cn2nc(C(=O)Nc3ccc4c(c3)CS(O)(O)C4)c3ccccc32)cc1. The molecule has 3 N–H and O–H groups in total. The molecule has 1 aliphatic heterocycles. The maximum Gasteiger partial charge on any atom is 0.276 e. The Morgan fingerprint density at radius 2 is 1.74 bits per heavy atom. The molecular formula is C24H23N3O5S2. The van der Waals surface area contributed by atoms with Crippen LogP contribution >= 0.6 is 10.6 Å². The van der Waals surface area contributed by atoms with Crippen LogP contribution in [0.25, 0.3) is 10.9 Å². The van der Waals surface area contributed by atoms with E-state index < -0.39 is 20.4 Å². The molecule has 10 heteroatoms. The van der Waals surface area contributed by atoms with Crippen LogP contribution in [0.5, 0.6) is 0 Å². The number of rotatable bonds is 5. The van der Waals surface area contributed by atoms with Crippen molar-refractivity contribution in [2.75, 3.05) is 11.6 Å². The van der Waals surface area contributed by atoms with E-state index >= 15 is 0 Å². The molecule has 4 aromatic rings. The van der Waals surface area contributed by atoms with Crippen LogP contribution in [0.15, 0.2) is 71.6 Å². The molecule has 0 radical (unpaired) electrons. The summed E-state index contributed by atoms with van der Waals surface area (Å²) < 4.78 is 45.1. The summed E-state index contributed by atoms with van der Waals surface area (Å²) in [6.07, 6.45) is 1.17. The number of anilines is 1. The Morgan fingerprint density at radius 3 is 2.47 bits per heavy atom. The van der Waals surface area contributed by atoms with E-state index in [1.165, 1.54) is 6.26 Å².